The Morgan fingerprint density at radius 1 is 0.692 bits per heavy atom. The average Bonchev–Trinajstić information content (AvgIpc) is 3.33. The first-order chi connectivity index (χ1) is 12.5. The van der Waals surface area contributed by atoms with E-state index < -0.39 is 0 Å². The van der Waals surface area contributed by atoms with Crippen molar-refractivity contribution in [3.8, 4) is 11.1 Å². The zero-order valence-electron chi connectivity index (χ0n) is 15.7. The molecule has 0 radical (unpaired) electrons. The normalized spacial score (nSPS) is 24.2. The molecule has 1 N–H and O–H groups in total. The molecule has 0 saturated carbocycles. The van der Waals surface area contributed by atoms with Gasteiger partial charge in [-0.1, -0.05) is 99.6 Å². The fourth-order valence-electron chi connectivity index (χ4n) is 5.17. The van der Waals surface area contributed by atoms with Crippen molar-refractivity contribution in [3.63, 3.8) is 0 Å². The highest BCUT2D eigenvalue weighted by Gasteiger charge is 2.65. The van der Waals surface area contributed by atoms with E-state index in [2.05, 4.69) is 105 Å². The summed E-state index contributed by atoms with van der Waals surface area (Å²) in [6.07, 6.45) is 0. The van der Waals surface area contributed by atoms with Gasteiger partial charge in [-0.05, 0) is 33.2 Å². The van der Waals surface area contributed by atoms with Gasteiger partial charge >= 0.3 is 0 Å². The van der Waals surface area contributed by atoms with Crippen LogP contribution in [0.15, 0.2) is 78.9 Å². The van der Waals surface area contributed by atoms with Crippen LogP contribution in [0.5, 0.6) is 0 Å². The molecular formula is C25H25N. The first-order valence-electron chi connectivity index (χ1n) is 9.55. The molecule has 1 heterocycles. The van der Waals surface area contributed by atoms with Gasteiger partial charge in [-0.25, -0.2) is 0 Å². The van der Waals surface area contributed by atoms with E-state index in [0.717, 1.165) is 0 Å². The summed E-state index contributed by atoms with van der Waals surface area (Å²) in [5, 5.41) is 3.96. The van der Waals surface area contributed by atoms with E-state index >= 15 is 0 Å². The molecule has 1 saturated heterocycles. The maximum atomic E-state index is 3.96. The Bertz CT molecular complexity index is 921. The lowest BCUT2D eigenvalue weighted by Gasteiger charge is -2.32. The lowest BCUT2D eigenvalue weighted by molar-refractivity contribution is 0.278. The van der Waals surface area contributed by atoms with Crippen molar-refractivity contribution in [2.75, 3.05) is 0 Å². The SMILES string of the molecule is CC(C)(C)C1(c2ccccc2)NC1C1c2ccccc2-c2ccccc21. The predicted octanol–water partition coefficient (Wildman–Crippen LogP) is 5.71. The summed E-state index contributed by atoms with van der Waals surface area (Å²) in [5.41, 5.74) is 7.27. The molecule has 1 nitrogen and oxygen atoms in total. The number of rotatable bonds is 2. The maximum absolute atomic E-state index is 3.96. The van der Waals surface area contributed by atoms with E-state index in [1.807, 2.05) is 0 Å². The molecule has 0 spiro atoms. The van der Waals surface area contributed by atoms with Crippen LogP contribution in [0, 0.1) is 5.41 Å². The Morgan fingerprint density at radius 2 is 1.19 bits per heavy atom. The quantitative estimate of drug-likeness (QED) is 0.593. The van der Waals surface area contributed by atoms with Crippen LogP contribution >= 0.6 is 0 Å². The number of nitrogens with one attached hydrogen (secondary N) is 1. The molecule has 1 fully saturated rings. The van der Waals surface area contributed by atoms with Gasteiger partial charge in [0.15, 0.2) is 0 Å². The molecule has 0 aromatic heterocycles. The van der Waals surface area contributed by atoms with E-state index in [-0.39, 0.29) is 11.0 Å². The third-order valence-corrected chi connectivity index (χ3v) is 6.39. The van der Waals surface area contributed by atoms with Gasteiger partial charge in [-0.3, -0.25) is 5.32 Å². The van der Waals surface area contributed by atoms with Gasteiger partial charge in [0, 0.05) is 12.0 Å². The first-order valence-corrected chi connectivity index (χ1v) is 9.55. The smallest absolute Gasteiger partial charge is 0.0651 e. The van der Waals surface area contributed by atoms with Gasteiger partial charge in [0.2, 0.25) is 0 Å². The highest BCUT2D eigenvalue weighted by molar-refractivity contribution is 5.79. The molecule has 0 bridgehead atoms. The molecular weight excluding hydrogens is 314 g/mol. The van der Waals surface area contributed by atoms with Gasteiger partial charge in [-0.15, -0.1) is 0 Å². The Balaban J connectivity index is 1.68. The lowest BCUT2D eigenvalue weighted by atomic mass is 9.70. The van der Waals surface area contributed by atoms with Crippen LogP contribution in [0.3, 0.4) is 0 Å². The average molecular weight is 339 g/mol. The largest absolute Gasteiger partial charge is 0.300 e. The zero-order valence-corrected chi connectivity index (χ0v) is 15.7. The third-order valence-electron chi connectivity index (χ3n) is 6.39. The van der Waals surface area contributed by atoms with Crippen molar-refractivity contribution in [1.82, 2.24) is 5.32 Å². The number of hydrogen-bond donors (Lipinski definition) is 1. The summed E-state index contributed by atoms with van der Waals surface area (Å²) in [4.78, 5) is 0. The van der Waals surface area contributed by atoms with Gasteiger partial charge in [0.1, 0.15) is 0 Å². The van der Waals surface area contributed by atoms with Crippen LogP contribution in [0.4, 0.5) is 0 Å². The van der Waals surface area contributed by atoms with Crippen molar-refractivity contribution < 1.29 is 0 Å². The molecule has 3 aromatic carbocycles. The summed E-state index contributed by atoms with van der Waals surface area (Å²) in [6.45, 7) is 7.08. The Hall–Kier alpha value is -2.38. The van der Waals surface area contributed by atoms with Crippen LogP contribution in [0.1, 0.15) is 43.4 Å². The molecule has 2 aliphatic rings. The molecule has 5 rings (SSSR count). The Labute approximate surface area is 156 Å². The molecule has 3 aromatic rings. The monoisotopic (exact) mass is 339 g/mol. The van der Waals surface area contributed by atoms with Crippen molar-refractivity contribution >= 4 is 0 Å². The van der Waals surface area contributed by atoms with E-state index in [1.165, 1.54) is 27.8 Å². The van der Waals surface area contributed by atoms with Crippen LogP contribution in [-0.2, 0) is 5.54 Å². The third kappa shape index (κ3) is 2.01. The topological polar surface area (TPSA) is 21.9 Å². The molecule has 0 amide bonds. The van der Waals surface area contributed by atoms with Crippen LogP contribution < -0.4 is 5.32 Å². The van der Waals surface area contributed by atoms with Gasteiger partial charge in [-0.2, -0.15) is 0 Å². The highest BCUT2D eigenvalue weighted by Crippen LogP contribution is 2.60. The second-order valence-corrected chi connectivity index (χ2v) is 8.70. The van der Waals surface area contributed by atoms with E-state index in [0.29, 0.717) is 12.0 Å². The Morgan fingerprint density at radius 3 is 1.73 bits per heavy atom. The number of fused-ring (bicyclic) bond motifs is 3. The van der Waals surface area contributed by atoms with Crippen molar-refractivity contribution in [1.29, 1.82) is 0 Å². The second-order valence-electron chi connectivity index (χ2n) is 8.70. The van der Waals surface area contributed by atoms with Crippen LogP contribution in [0.2, 0.25) is 0 Å². The van der Waals surface area contributed by atoms with Gasteiger partial charge in [0.25, 0.3) is 0 Å². The minimum absolute atomic E-state index is 0.00346. The fourth-order valence-corrected chi connectivity index (χ4v) is 5.17. The van der Waals surface area contributed by atoms with E-state index in [9.17, 15) is 0 Å². The first kappa shape index (κ1) is 15.8. The molecule has 130 valence electrons. The summed E-state index contributed by atoms with van der Waals surface area (Å²) < 4.78 is 0. The minimum atomic E-state index is 0.00346. The summed E-state index contributed by atoms with van der Waals surface area (Å²) in [7, 11) is 0. The molecule has 2 unspecified atom stereocenters. The second kappa shape index (κ2) is 5.31. The summed E-state index contributed by atoms with van der Waals surface area (Å²) >= 11 is 0. The highest BCUT2D eigenvalue weighted by atomic mass is 15.2. The van der Waals surface area contributed by atoms with Crippen LogP contribution in [0.25, 0.3) is 11.1 Å². The van der Waals surface area contributed by atoms with E-state index in [4.69, 9.17) is 0 Å². The van der Waals surface area contributed by atoms with Crippen molar-refractivity contribution in [2.45, 2.75) is 38.3 Å². The predicted molar refractivity (Wildman–Crippen MR) is 108 cm³/mol. The fraction of sp³-hybridized carbons (Fsp3) is 0.280. The van der Waals surface area contributed by atoms with Crippen molar-refractivity contribution in [3.05, 3.63) is 95.6 Å². The number of benzene rings is 3. The van der Waals surface area contributed by atoms with Gasteiger partial charge < -0.3 is 0 Å². The Kier molecular flexibility index (Phi) is 3.24. The molecule has 1 aliphatic carbocycles. The zero-order chi connectivity index (χ0) is 17.9. The summed E-state index contributed by atoms with van der Waals surface area (Å²) in [6, 6.07) is 29.3. The molecule has 2 atom stereocenters. The number of hydrogen-bond acceptors (Lipinski definition) is 1. The molecule has 26 heavy (non-hydrogen) atoms. The van der Waals surface area contributed by atoms with Gasteiger partial charge in [0.05, 0.1) is 5.54 Å². The standard InChI is InChI=1S/C25H25N/c1-24(2,3)25(17-11-5-4-6-12-17)23(26-25)22-20-15-9-7-13-18(20)19-14-8-10-16-21(19)22/h4-16,22-23,26H,1-3H3. The van der Waals surface area contributed by atoms with Crippen LogP contribution in [-0.4, -0.2) is 6.04 Å². The summed E-state index contributed by atoms with van der Waals surface area (Å²) in [5.74, 6) is 0.404. The van der Waals surface area contributed by atoms with Crippen molar-refractivity contribution in [2.24, 2.45) is 5.41 Å². The minimum Gasteiger partial charge on any atom is -0.300 e. The molecule has 1 heteroatoms. The van der Waals surface area contributed by atoms with E-state index in [1.54, 1.807) is 0 Å². The maximum Gasteiger partial charge on any atom is 0.0651 e. The molecule has 1 aliphatic heterocycles. The lowest BCUT2D eigenvalue weighted by Crippen LogP contribution is -2.33.